The quantitative estimate of drug-likeness (QED) is 0.591. The number of carbonyl (C=O) groups excluding carboxylic acids is 1. The average Bonchev–Trinajstić information content (AvgIpc) is 3.31. The molecule has 0 saturated carbocycles. The van der Waals surface area contributed by atoms with Crippen molar-refractivity contribution in [2.75, 3.05) is 21.1 Å². The van der Waals surface area contributed by atoms with Crippen molar-refractivity contribution >= 4 is 33.4 Å². The fourth-order valence-corrected chi connectivity index (χ4v) is 4.90. The first kappa shape index (κ1) is 23.9. The third kappa shape index (κ3) is 5.72. The van der Waals surface area contributed by atoms with E-state index in [9.17, 15) is 14.7 Å². The van der Waals surface area contributed by atoms with Crippen molar-refractivity contribution in [3.05, 3.63) is 64.2 Å². The Morgan fingerprint density at radius 3 is 2.31 bits per heavy atom. The predicted molar refractivity (Wildman–Crippen MR) is 129 cm³/mol. The van der Waals surface area contributed by atoms with Gasteiger partial charge in [-0.1, -0.05) is 37.3 Å². The molecule has 0 fully saturated rings. The molecule has 1 aliphatic carbocycles. The van der Waals surface area contributed by atoms with Gasteiger partial charge in [0.1, 0.15) is 5.01 Å². The highest BCUT2D eigenvalue weighted by Crippen LogP contribution is 2.40. The van der Waals surface area contributed by atoms with Gasteiger partial charge in [0.25, 0.3) is 0 Å². The van der Waals surface area contributed by atoms with Gasteiger partial charge in [0.05, 0.1) is 28.6 Å². The molecule has 6 nitrogen and oxygen atoms in total. The van der Waals surface area contributed by atoms with E-state index in [1.807, 2.05) is 50.3 Å². The number of fused-ring (bicyclic) bond motifs is 2. The van der Waals surface area contributed by atoms with Crippen LogP contribution in [0.4, 0.5) is 0 Å². The summed E-state index contributed by atoms with van der Waals surface area (Å²) in [4.78, 5) is 31.2. The zero-order valence-corrected chi connectivity index (χ0v) is 20.0. The predicted octanol–water partition coefficient (Wildman–Crippen LogP) is 3.91. The second kappa shape index (κ2) is 10.2. The summed E-state index contributed by atoms with van der Waals surface area (Å²) in [5.74, 6) is -1.16. The maximum Gasteiger partial charge on any atom is 0.304 e. The number of carbonyl (C=O) groups is 2. The normalized spacial score (nSPS) is 14.0. The van der Waals surface area contributed by atoms with Gasteiger partial charge in [-0.3, -0.25) is 9.59 Å². The van der Waals surface area contributed by atoms with Gasteiger partial charge in [-0.05, 0) is 69.2 Å². The van der Waals surface area contributed by atoms with Gasteiger partial charge in [0.2, 0.25) is 5.91 Å². The first-order valence-electron chi connectivity index (χ1n) is 10.8. The van der Waals surface area contributed by atoms with Crippen LogP contribution in [-0.4, -0.2) is 48.0 Å². The van der Waals surface area contributed by atoms with Gasteiger partial charge in [0, 0.05) is 0 Å². The minimum absolute atomic E-state index is 0.173. The lowest BCUT2D eigenvalue weighted by atomic mass is 9.80. The van der Waals surface area contributed by atoms with E-state index in [2.05, 4.69) is 35.4 Å². The molecule has 1 aliphatic rings. The molecule has 1 aromatic heterocycles. The third-order valence-electron chi connectivity index (χ3n) is 5.45. The summed E-state index contributed by atoms with van der Waals surface area (Å²) in [5, 5.41) is 13.2. The summed E-state index contributed by atoms with van der Waals surface area (Å²) in [7, 11) is 6.00. The number of carboxylic acid groups (broad SMARTS) is 1. The highest BCUT2D eigenvalue weighted by Gasteiger charge is 2.45. The summed E-state index contributed by atoms with van der Waals surface area (Å²) in [6.45, 7) is 2.42. The van der Waals surface area contributed by atoms with E-state index in [0.717, 1.165) is 32.8 Å². The fraction of sp³-hybridized carbons (Fsp3) is 0.400. The maximum absolute atomic E-state index is 13.1. The summed E-state index contributed by atoms with van der Waals surface area (Å²) < 4.78 is 1.09. The Balaban J connectivity index is 0.000000668. The number of amides is 1. The van der Waals surface area contributed by atoms with Crippen molar-refractivity contribution in [2.45, 2.75) is 39.2 Å². The van der Waals surface area contributed by atoms with Crippen molar-refractivity contribution in [1.29, 1.82) is 0 Å². The van der Waals surface area contributed by atoms with Crippen molar-refractivity contribution in [3.63, 3.8) is 0 Å². The lowest BCUT2D eigenvalue weighted by molar-refractivity contribution is -0.145. The molecule has 2 aromatic carbocycles. The van der Waals surface area contributed by atoms with Crippen molar-refractivity contribution < 1.29 is 14.7 Å². The number of aromatic nitrogens is 1. The number of aliphatic carboxylic acids is 1. The Kier molecular flexibility index (Phi) is 7.64. The van der Waals surface area contributed by atoms with Crippen LogP contribution in [0.1, 0.15) is 35.0 Å². The van der Waals surface area contributed by atoms with Crippen LogP contribution in [0.3, 0.4) is 0 Å². The lowest BCUT2D eigenvalue weighted by Crippen LogP contribution is -2.43. The van der Waals surface area contributed by atoms with E-state index in [-0.39, 0.29) is 12.3 Å². The zero-order chi connectivity index (χ0) is 23.3. The summed E-state index contributed by atoms with van der Waals surface area (Å²) >= 11 is 1.56. The van der Waals surface area contributed by atoms with Crippen LogP contribution in [0.2, 0.25) is 0 Å². The molecule has 4 rings (SSSR count). The van der Waals surface area contributed by atoms with Gasteiger partial charge in [-0.15, -0.1) is 11.3 Å². The Bertz CT molecular complexity index is 1080. The number of thiazole rings is 1. The first-order valence-corrected chi connectivity index (χ1v) is 11.6. The Hall–Kier alpha value is -2.77. The maximum atomic E-state index is 13.1. The minimum Gasteiger partial charge on any atom is -0.481 e. The lowest BCUT2D eigenvalue weighted by Gasteiger charge is -2.25. The molecule has 1 heterocycles. The van der Waals surface area contributed by atoms with Crippen LogP contribution < -0.4 is 5.32 Å². The number of aryl methyl sites for hydroxylation is 1. The van der Waals surface area contributed by atoms with Gasteiger partial charge in [-0.25, -0.2) is 4.98 Å². The van der Waals surface area contributed by atoms with Gasteiger partial charge in [-0.2, -0.15) is 0 Å². The summed E-state index contributed by atoms with van der Waals surface area (Å²) in [6, 6.07) is 14.1. The number of nitrogens with one attached hydrogen (secondary N) is 1. The van der Waals surface area contributed by atoms with E-state index in [1.165, 1.54) is 5.56 Å². The van der Waals surface area contributed by atoms with E-state index in [4.69, 9.17) is 0 Å². The number of hydrogen-bond acceptors (Lipinski definition) is 5. The summed E-state index contributed by atoms with van der Waals surface area (Å²) in [6.07, 6.45) is 1.70. The average molecular weight is 454 g/mol. The van der Waals surface area contributed by atoms with E-state index in [0.29, 0.717) is 19.4 Å². The van der Waals surface area contributed by atoms with Crippen molar-refractivity contribution in [2.24, 2.45) is 5.41 Å². The van der Waals surface area contributed by atoms with Crippen LogP contribution in [-0.2, 0) is 35.4 Å². The van der Waals surface area contributed by atoms with Gasteiger partial charge < -0.3 is 15.3 Å². The molecule has 1 amide bonds. The highest BCUT2D eigenvalue weighted by molar-refractivity contribution is 7.18. The molecular weight excluding hydrogens is 422 g/mol. The molecule has 0 saturated heterocycles. The van der Waals surface area contributed by atoms with Gasteiger partial charge >= 0.3 is 5.97 Å². The SMILES string of the molecule is CCc1ccc2sc(CNC(=O)C3(CC(=O)O)Cc4ccccc4C3)nc2c1.CN(C)C. The molecule has 170 valence electrons. The smallest absolute Gasteiger partial charge is 0.304 e. The molecule has 0 unspecified atom stereocenters. The number of rotatable bonds is 6. The molecule has 3 aromatic rings. The third-order valence-corrected chi connectivity index (χ3v) is 6.49. The van der Waals surface area contributed by atoms with Crippen molar-refractivity contribution in [1.82, 2.24) is 15.2 Å². The molecule has 0 atom stereocenters. The first-order chi connectivity index (χ1) is 15.2. The Labute approximate surface area is 193 Å². The topological polar surface area (TPSA) is 82.5 Å². The second-order valence-corrected chi connectivity index (χ2v) is 9.88. The molecule has 7 heteroatoms. The minimum atomic E-state index is -0.949. The van der Waals surface area contributed by atoms with Crippen LogP contribution in [0.15, 0.2) is 42.5 Å². The van der Waals surface area contributed by atoms with Crippen LogP contribution in [0, 0.1) is 5.41 Å². The van der Waals surface area contributed by atoms with E-state index < -0.39 is 11.4 Å². The summed E-state index contributed by atoms with van der Waals surface area (Å²) in [5.41, 5.74) is 3.37. The van der Waals surface area contributed by atoms with Crippen LogP contribution in [0.25, 0.3) is 10.2 Å². The fourth-order valence-electron chi connectivity index (χ4n) is 4.01. The van der Waals surface area contributed by atoms with E-state index in [1.54, 1.807) is 11.3 Å². The number of carboxylic acids is 1. The molecule has 0 radical (unpaired) electrons. The highest BCUT2D eigenvalue weighted by atomic mass is 32.1. The Morgan fingerprint density at radius 2 is 1.75 bits per heavy atom. The van der Waals surface area contributed by atoms with Crippen molar-refractivity contribution in [3.8, 4) is 0 Å². The number of benzene rings is 2. The van der Waals surface area contributed by atoms with Crippen LogP contribution in [0.5, 0.6) is 0 Å². The standard InChI is InChI=1S/C22H22N2O3S.C3H9N/c1-2-14-7-8-18-17(9-14)24-19(28-18)13-23-21(27)22(12-20(25)26)10-15-5-3-4-6-16(15)11-22;1-4(2)3/h3-9H,2,10-13H2,1H3,(H,23,27)(H,25,26);1-3H3. The molecule has 0 spiro atoms. The number of hydrogen-bond donors (Lipinski definition) is 2. The molecule has 32 heavy (non-hydrogen) atoms. The second-order valence-electron chi connectivity index (χ2n) is 8.76. The number of nitrogens with zero attached hydrogens (tertiary/aromatic N) is 2. The van der Waals surface area contributed by atoms with Crippen LogP contribution >= 0.6 is 11.3 Å². The molecule has 2 N–H and O–H groups in total. The van der Waals surface area contributed by atoms with E-state index >= 15 is 0 Å². The monoisotopic (exact) mass is 453 g/mol. The molecule has 0 aliphatic heterocycles. The molecule has 0 bridgehead atoms. The zero-order valence-electron chi connectivity index (χ0n) is 19.1. The molecular formula is C25H31N3O3S. The largest absolute Gasteiger partial charge is 0.481 e. The Morgan fingerprint density at radius 1 is 1.12 bits per heavy atom. The van der Waals surface area contributed by atoms with Gasteiger partial charge in [0.15, 0.2) is 0 Å².